The molecule has 3 nitrogen and oxygen atoms in total. The number of benzene rings is 2. The fourth-order valence-electron chi connectivity index (χ4n) is 2.39. The van der Waals surface area contributed by atoms with Crippen LogP contribution in [-0.2, 0) is 0 Å². The molecule has 0 radical (unpaired) electrons. The normalized spacial score (nSPS) is 12.5. The average Bonchev–Trinajstić information content (AvgIpc) is 2.49. The van der Waals surface area contributed by atoms with Crippen molar-refractivity contribution < 1.29 is 0 Å². The molecular weight excluding hydrogens is 234 g/mol. The van der Waals surface area contributed by atoms with Crippen LogP contribution in [0.1, 0.15) is 17.4 Å². The third kappa shape index (κ3) is 2.20. The quantitative estimate of drug-likeness (QED) is 0.775. The van der Waals surface area contributed by atoms with E-state index in [1.807, 2.05) is 13.1 Å². The van der Waals surface area contributed by atoms with E-state index in [4.69, 9.17) is 0 Å². The van der Waals surface area contributed by atoms with Gasteiger partial charge in [0.25, 0.3) is 0 Å². The zero-order chi connectivity index (χ0) is 13.1. The highest BCUT2D eigenvalue weighted by Crippen LogP contribution is 2.26. The molecule has 0 aliphatic carbocycles. The second kappa shape index (κ2) is 5.16. The lowest BCUT2D eigenvalue weighted by atomic mass is 9.98. The summed E-state index contributed by atoms with van der Waals surface area (Å²) in [6.07, 6.45) is 3.55. The second-order valence-electron chi connectivity index (χ2n) is 4.40. The van der Waals surface area contributed by atoms with Gasteiger partial charge in [-0.2, -0.15) is 0 Å². The molecule has 3 rings (SSSR count). The molecule has 3 aromatic rings. The highest BCUT2D eigenvalue weighted by Gasteiger charge is 2.16. The Morgan fingerprint density at radius 3 is 2.42 bits per heavy atom. The van der Waals surface area contributed by atoms with Crippen LogP contribution in [-0.4, -0.2) is 17.0 Å². The molecule has 0 aliphatic rings. The summed E-state index contributed by atoms with van der Waals surface area (Å²) < 4.78 is 0. The number of rotatable bonds is 3. The van der Waals surface area contributed by atoms with Gasteiger partial charge in [-0.3, -0.25) is 0 Å². The number of fused-ring (bicyclic) bond motifs is 1. The van der Waals surface area contributed by atoms with Crippen molar-refractivity contribution in [3.63, 3.8) is 0 Å². The molecule has 0 spiro atoms. The molecule has 94 valence electrons. The van der Waals surface area contributed by atoms with Gasteiger partial charge in [0.15, 0.2) is 0 Å². The van der Waals surface area contributed by atoms with Crippen LogP contribution in [0, 0.1) is 0 Å². The van der Waals surface area contributed by atoms with Crippen molar-refractivity contribution >= 4 is 10.8 Å². The highest BCUT2D eigenvalue weighted by atomic mass is 15.0. The lowest BCUT2D eigenvalue weighted by Crippen LogP contribution is -2.20. The van der Waals surface area contributed by atoms with Crippen molar-refractivity contribution in [3.8, 4) is 0 Å². The third-order valence-electron chi connectivity index (χ3n) is 3.27. The summed E-state index contributed by atoms with van der Waals surface area (Å²) in [5.41, 5.74) is 1.20. The number of hydrogen-bond donors (Lipinski definition) is 1. The Labute approximate surface area is 112 Å². The van der Waals surface area contributed by atoms with Gasteiger partial charge in [-0.05, 0) is 29.4 Å². The summed E-state index contributed by atoms with van der Waals surface area (Å²) in [6.45, 7) is 0. The number of hydrogen-bond acceptors (Lipinski definition) is 3. The Morgan fingerprint density at radius 2 is 1.63 bits per heavy atom. The monoisotopic (exact) mass is 249 g/mol. The maximum atomic E-state index is 4.36. The van der Waals surface area contributed by atoms with Gasteiger partial charge in [0.2, 0.25) is 0 Å². The predicted octanol–water partition coefficient (Wildman–Crippen LogP) is 2.94. The van der Waals surface area contributed by atoms with E-state index in [2.05, 4.69) is 57.7 Å². The number of nitrogens with one attached hydrogen (secondary N) is 1. The van der Waals surface area contributed by atoms with Gasteiger partial charge in [-0.15, -0.1) is 0 Å². The van der Waals surface area contributed by atoms with Crippen LogP contribution in [0.2, 0.25) is 0 Å². The lowest BCUT2D eigenvalue weighted by Gasteiger charge is -2.17. The van der Waals surface area contributed by atoms with Crippen molar-refractivity contribution in [3.05, 3.63) is 72.3 Å². The van der Waals surface area contributed by atoms with E-state index >= 15 is 0 Å². The minimum absolute atomic E-state index is 0.00676. The van der Waals surface area contributed by atoms with Crippen molar-refractivity contribution in [1.29, 1.82) is 0 Å². The Bertz CT molecular complexity index is 674. The predicted molar refractivity (Wildman–Crippen MR) is 76.9 cm³/mol. The maximum Gasteiger partial charge on any atom is 0.149 e. The first-order valence-corrected chi connectivity index (χ1v) is 6.32. The van der Waals surface area contributed by atoms with Gasteiger partial charge < -0.3 is 5.32 Å². The van der Waals surface area contributed by atoms with E-state index < -0.39 is 0 Å². The standard InChI is InChI=1S/C16H15N3/c1-17-15(16-18-10-5-11-19-16)14-9-4-7-12-6-2-3-8-13(12)14/h2-11,15,17H,1H3. The molecule has 1 heterocycles. The van der Waals surface area contributed by atoms with Crippen molar-refractivity contribution in [1.82, 2.24) is 15.3 Å². The minimum atomic E-state index is 0.00676. The van der Waals surface area contributed by atoms with Gasteiger partial charge in [0, 0.05) is 12.4 Å². The summed E-state index contributed by atoms with van der Waals surface area (Å²) in [4.78, 5) is 8.72. The molecule has 0 fully saturated rings. The van der Waals surface area contributed by atoms with Crippen molar-refractivity contribution in [2.45, 2.75) is 6.04 Å². The van der Waals surface area contributed by atoms with Crippen LogP contribution >= 0.6 is 0 Å². The Balaban J connectivity index is 2.17. The number of aromatic nitrogens is 2. The molecule has 1 unspecified atom stereocenters. The second-order valence-corrected chi connectivity index (χ2v) is 4.40. The van der Waals surface area contributed by atoms with Gasteiger partial charge in [0.05, 0.1) is 6.04 Å². The molecule has 3 heteroatoms. The topological polar surface area (TPSA) is 37.8 Å². The van der Waals surface area contributed by atoms with E-state index in [1.54, 1.807) is 12.4 Å². The van der Waals surface area contributed by atoms with Crippen molar-refractivity contribution in [2.24, 2.45) is 0 Å². The van der Waals surface area contributed by atoms with E-state index in [0.717, 1.165) is 5.82 Å². The fourth-order valence-corrected chi connectivity index (χ4v) is 2.39. The average molecular weight is 249 g/mol. The summed E-state index contributed by atoms with van der Waals surface area (Å²) in [7, 11) is 1.93. The zero-order valence-electron chi connectivity index (χ0n) is 10.7. The van der Waals surface area contributed by atoms with Gasteiger partial charge >= 0.3 is 0 Å². The van der Waals surface area contributed by atoms with Crippen LogP contribution in [0.3, 0.4) is 0 Å². The Kier molecular flexibility index (Phi) is 3.21. The SMILES string of the molecule is CNC(c1ncccn1)c1cccc2ccccc12. The molecule has 0 saturated carbocycles. The van der Waals surface area contributed by atoms with Crippen molar-refractivity contribution in [2.75, 3.05) is 7.05 Å². The van der Waals surface area contributed by atoms with Crippen LogP contribution in [0.15, 0.2) is 60.9 Å². The summed E-state index contributed by atoms with van der Waals surface area (Å²) in [6, 6.07) is 16.5. The molecule has 0 bridgehead atoms. The summed E-state index contributed by atoms with van der Waals surface area (Å²) in [5, 5.41) is 5.77. The Hall–Kier alpha value is -2.26. The van der Waals surface area contributed by atoms with E-state index in [9.17, 15) is 0 Å². The largest absolute Gasteiger partial charge is 0.307 e. The van der Waals surface area contributed by atoms with Crippen LogP contribution in [0.25, 0.3) is 10.8 Å². The van der Waals surface area contributed by atoms with Gasteiger partial charge in [-0.1, -0.05) is 42.5 Å². The zero-order valence-corrected chi connectivity index (χ0v) is 10.7. The summed E-state index contributed by atoms with van der Waals surface area (Å²) in [5.74, 6) is 0.793. The lowest BCUT2D eigenvalue weighted by molar-refractivity contribution is 0.650. The van der Waals surface area contributed by atoms with Gasteiger partial charge in [0.1, 0.15) is 5.82 Å². The molecule has 1 N–H and O–H groups in total. The van der Waals surface area contributed by atoms with E-state index in [1.165, 1.54) is 16.3 Å². The molecule has 19 heavy (non-hydrogen) atoms. The molecule has 2 aromatic carbocycles. The number of nitrogens with zero attached hydrogens (tertiary/aromatic N) is 2. The van der Waals surface area contributed by atoms with Crippen LogP contribution < -0.4 is 5.32 Å². The van der Waals surface area contributed by atoms with E-state index in [0.29, 0.717) is 0 Å². The summed E-state index contributed by atoms with van der Waals surface area (Å²) >= 11 is 0. The first-order valence-electron chi connectivity index (χ1n) is 6.32. The van der Waals surface area contributed by atoms with Crippen LogP contribution in [0.5, 0.6) is 0 Å². The minimum Gasteiger partial charge on any atom is -0.307 e. The van der Waals surface area contributed by atoms with E-state index in [-0.39, 0.29) is 6.04 Å². The fraction of sp³-hybridized carbons (Fsp3) is 0.125. The Morgan fingerprint density at radius 1 is 0.895 bits per heavy atom. The molecule has 1 atom stereocenters. The molecule has 0 aliphatic heterocycles. The molecule has 0 saturated heterocycles. The molecule has 1 aromatic heterocycles. The highest BCUT2D eigenvalue weighted by molar-refractivity contribution is 5.86. The smallest absolute Gasteiger partial charge is 0.149 e. The first-order chi connectivity index (χ1) is 9.40. The first kappa shape index (κ1) is 11.8. The molecular formula is C16H15N3. The molecule has 0 amide bonds. The van der Waals surface area contributed by atoms with Gasteiger partial charge in [-0.25, -0.2) is 9.97 Å². The third-order valence-corrected chi connectivity index (χ3v) is 3.27. The maximum absolute atomic E-state index is 4.36. The van der Waals surface area contributed by atoms with Crippen LogP contribution in [0.4, 0.5) is 0 Å².